The van der Waals surface area contributed by atoms with Crippen LogP contribution in [0.5, 0.6) is 0 Å². The first-order chi connectivity index (χ1) is 20.6. The Bertz CT molecular complexity index is 1400. The first kappa shape index (κ1) is 29.1. The zero-order valence-corrected chi connectivity index (χ0v) is 24.5. The number of anilines is 1. The van der Waals surface area contributed by atoms with Gasteiger partial charge in [0.1, 0.15) is 18.6 Å². The molecule has 5 aliphatic rings. The van der Waals surface area contributed by atoms with Crippen LogP contribution in [0.15, 0.2) is 54.6 Å². The smallest absolute Gasteiger partial charge is 0.322 e. The summed E-state index contributed by atoms with van der Waals surface area (Å²) in [7, 11) is 0. The molecule has 2 aromatic rings. The maximum atomic E-state index is 15.0. The van der Waals surface area contributed by atoms with E-state index in [0.717, 1.165) is 24.8 Å². The molecule has 0 radical (unpaired) electrons. The summed E-state index contributed by atoms with van der Waals surface area (Å²) < 4.78 is 0. The van der Waals surface area contributed by atoms with Gasteiger partial charge in [-0.1, -0.05) is 42.5 Å². The first-order valence-electron chi connectivity index (χ1n) is 15.4. The van der Waals surface area contributed by atoms with Crippen LogP contribution in [-0.4, -0.2) is 58.1 Å². The van der Waals surface area contributed by atoms with Crippen molar-refractivity contribution in [2.24, 2.45) is 23.2 Å². The second-order valence-corrected chi connectivity index (χ2v) is 13.2. The van der Waals surface area contributed by atoms with Crippen molar-refractivity contribution in [2.75, 3.05) is 11.4 Å². The Kier molecular flexibility index (Phi) is 7.83. The van der Waals surface area contributed by atoms with E-state index in [2.05, 4.69) is 5.32 Å². The van der Waals surface area contributed by atoms with E-state index in [1.54, 1.807) is 29.2 Å². The second kappa shape index (κ2) is 11.6. The molecule has 0 unspecified atom stereocenters. The Hall–Kier alpha value is -4.01. The molecule has 4 bridgehead atoms. The Balaban J connectivity index is 1.47. The number of benzene rings is 2. The lowest BCUT2D eigenvalue weighted by atomic mass is 9.48. The Morgan fingerprint density at radius 3 is 2.12 bits per heavy atom. The van der Waals surface area contributed by atoms with Crippen molar-refractivity contribution in [1.29, 1.82) is 0 Å². The molecule has 226 valence electrons. The average molecular weight is 586 g/mol. The lowest BCUT2D eigenvalue weighted by Crippen LogP contribution is -2.60. The molecule has 0 aromatic heterocycles. The molecule has 43 heavy (non-hydrogen) atoms. The van der Waals surface area contributed by atoms with E-state index in [9.17, 15) is 29.1 Å². The summed E-state index contributed by atoms with van der Waals surface area (Å²) >= 11 is 0. The Morgan fingerprint density at radius 1 is 0.907 bits per heavy atom. The Labute approximate surface area is 251 Å². The molecule has 1 aliphatic heterocycles. The topological polar surface area (TPSA) is 124 Å². The highest BCUT2D eigenvalue weighted by molar-refractivity contribution is 6.10. The number of aliphatic carboxylic acids is 1. The SMILES string of the molecule is CC(=O)N1[C@@H](C(=O)NCC(=O)O)CC(=O)c2ccccc2N(Cc2ccccc2)C(=O)[C@@H]1CC12CC3CC(CC(C3)C1)C2. The van der Waals surface area contributed by atoms with Crippen molar-refractivity contribution in [3.63, 3.8) is 0 Å². The van der Waals surface area contributed by atoms with E-state index in [0.29, 0.717) is 35.4 Å². The molecule has 0 saturated heterocycles. The van der Waals surface area contributed by atoms with Gasteiger partial charge in [-0.3, -0.25) is 24.0 Å². The van der Waals surface area contributed by atoms with Gasteiger partial charge in [-0.2, -0.15) is 0 Å². The van der Waals surface area contributed by atoms with E-state index in [1.807, 2.05) is 30.3 Å². The molecular weight excluding hydrogens is 546 g/mol. The third-order valence-electron chi connectivity index (χ3n) is 10.2. The number of hydrogen-bond acceptors (Lipinski definition) is 5. The van der Waals surface area contributed by atoms with Gasteiger partial charge in [-0.15, -0.1) is 0 Å². The van der Waals surface area contributed by atoms with E-state index in [1.165, 1.54) is 31.1 Å². The van der Waals surface area contributed by atoms with Crippen molar-refractivity contribution in [1.82, 2.24) is 10.2 Å². The van der Waals surface area contributed by atoms with Gasteiger partial charge in [-0.25, -0.2) is 0 Å². The van der Waals surface area contributed by atoms with Crippen LogP contribution in [0.3, 0.4) is 0 Å². The fourth-order valence-electron chi connectivity index (χ4n) is 8.97. The van der Waals surface area contributed by atoms with Crippen LogP contribution in [0.4, 0.5) is 5.69 Å². The van der Waals surface area contributed by atoms with Crippen molar-refractivity contribution < 1.29 is 29.1 Å². The third kappa shape index (κ3) is 5.82. The molecular formula is C34H39N3O6. The summed E-state index contributed by atoms with van der Waals surface area (Å²) in [6.07, 6.45) is 6.71. The van der Waals surface area contributed by atoms with E-state index in [4.69, 9.17) is 0 Å². The van der Waals surface area contributed by atoms with Crippen LogP contribution in [-0.2, 0) is 25.7 Å². The van der Waals surface area contributed by atoms with E-state index in [-0.39, 0.29) is 24.3 Å². The largest absolute Gasteiger partial charge is 0.480 e. The molecule has 3 amide bonds. The number of rotatable bonds is 7. The predicted molar refractivity (Wildman–Crippen MR) is 159 cm³/mol. The molecule has 4 aliphatic carbocycles. The molecule has 4 fully saturated rings. The fourth-order valence-corrected chi connectivity index (χ4v) is 8.97. The number of nitrogens with one attached hydrogen (secondary N) is 1. The monoisotopic (exact) mass is 585 g/mol. The highest BCUT2D eigenvalue weighted by atomic mass is 16.4. The van der Waals surface area contributed by atoms with Gasteiger partial charge in [0.05, 0.1) is 12.2 Å². The van der Waals surface area contributed by atoms with Crippen molar-refractivity contribution in [3.8, 4) is 0 Å². The van der Waals surface area contributed by atoms with Gasteiger partial charge in [0.15, 0.2) is 5.78 Å². The van der Waals surface area contributed by atoms with Crippen molar-refractivity contribution in [2.45, 2.75) is 76.9 Å². The molecule has 9 heteroatoms. The van der Waals surface area contributed by atoms with E-state index < -0.39 is 42.2 Å². The van der Waals surface area contributed by atoms with Crippen molar-refractivity contribution in [3.05, 3.63) is 65.7 Å². The third-order valence-corrected chi connectivity index (χ3v) is 10.2. The number of nitrogens with zero attached hydrogens (tertiary/aromatic N) is 2. The van der Waals surface area contributed by atoms with Crippen LogP contribution < -0.4 is 10.2 Å². The molecule has 4 saturated carbocycles. The molecule has 2 atom stereocenters. The fraction of sp³-hybridized carbons (Fsp3) is 0.500. The molecule has 1 heterocycles. The summed E-state index contributed by atoms with van der Waals surface area (Å²) in [6.45, 7) is 0.872. The lowest BCUT2D eigenvalue weighted by Gasteiger charge is -2.58. The predicted octanol–water partition coefficient (Wildman–Crippen LogP) is 4.20. The standard InChI is InChI=1S/C34H39N3O6/c1-21(38)37-28(32(42)35-19-31(40)41)14-30(39)26-9-5-6-10-27(26)36(20-22-7-3-2-4-8-22)33(43)29(37)18-34-15-23-11-24(16-34)13-25(12-23)17-34/h2-10,23-25,28-29H,11-20H2,1H3,(H,35,42)(H,40,41)/t23?,24?,25?,28-,29+,34?/m1/s1. The van der Waals surface area contributed by atoms with Gasteiger partial charge in [0.25, 0.3) is 0 Å². The summed E-state index contributed by atoms with van der Waals surface area (Å²) in [6, 6.07) is 14.1. The molecule has 7 rings (SSSR count). The van der Waals surface area contributed by atoms with Gasteiger partial charge in [0.2, 0.25) is 17.7 Å². The summed E-state index contributed by atoms with van der Waals surface area (Å²) in [5, 5.41) is 11.6. The van der Waals surface area contributed by atoms with Crippen LogP contribution in [0.25, 0.3) is 0 Å². The minimum atomic E-state index is -1.32. The quantitative estimate of drug-likeness (QED) is 0.502. The van der Waals surface area contributed by atoms with Crippen molar-refractivity contribution >= 4 is 35.2 Å². The number of amides is 3. The minimum Gasteiger partial charge on any atom is -0.480 e. The molecule has 9 nitrogen and oxygen atoms in total. The zero-order valence-electron chi connectivity index (χ0n) is 24.5. The number of carbonyl (C=O) groups is 5. The highest BCUT2D eigenvalue weighted by Crippen LogP contribution is 2.62. The number of fused-ring (bicyclic) bond motifs is 1. The highest BCUT2D eigenvalue weighted by Gasteiger charge is 2.54. The van der Waals surface area contributed by atoms with Gasteiger partial charge in [-0.05, 0) is 85.8 Å². The van der Waals surface area contributed by atoms with Gasteiger partial charge >= 0.3 is 5.97 Å². The zero-order chi connectivity index (χ0) is 30.3. The number of ketones is 1. The number of carboxylic acids is 1. The normalized spacial score (nSPS) is 29.8. The van der Waals surface area contributed by atoms with Gasteiger partial charge in [0, 0.05) is 18.9 Å². The van der Waals surface area contributed by atoms with Crippen LogP contribution >= 0.6 is 0 Å². The molecule has 0 spiro atoms. The Morgan fingerprint density at radius 2 is 1.51 bits per heavy atom. The van der Waals surface area contributed by atoms with Crippen LogP contribution in [0.1, 0.15) is 74.2 Å². The van der Waals surface area contributed by atoms with Gasteiger partial charge < -0.3 is 20.2 Å². The lowest BCUT2D eigenvalue weighted by molar-refractivity contribution is -0.150. The second-order valence-electron chi connectivity index (χ2n) is 13.2. The number of para-hydroxylation sites is 1. The number of hydrogen-bond donors (Lipinski definition) is 2. The summed E-state index contributed by atoms with van der Waals surface area (Å²) in [5.41, 5.74) is 1.49. The minimum absolute atomic E-state index is 0.124. The summed E-state index contributed by atoms with van der Waals surface area (Å²) in [4.78, 5) is 70.3. The first-order valence-corrected chi connectivity index (χ1v) is 15.4. The maximum Gasteiger partial charge on any atom is 0.322 e. The number of Topliss-reactive ketones (excluding diaryl/α,β-unsaturated/α-hetero) is 1. The summed E-state index contributed by atoms with van der Waals surface area (Å²) in [5.74, 6) is -1.35. The number of carbonyl (C=O) groups excluding carboxylic acids is 4. The molecule has 2 N–H and O–H groups in total. The van der Waals surface area contributed by atoms with Crippen LogP contribution in [0, 0.1) is 23.2 Å². The van der Waals surface area contributed by atoms with Crippen LogP contribution in [0.2, 0.25) is 0 Å². The maximum absolute atomic E-state index is 15.0. The number of carboxylic acid groups (broad SMARTS) is 1. The average Bonchev–Trinajstić information content (AvgIpc) is 2.99. The van der Waals surface area contributed by atoms with E-state index >= 15 is 0 Å². The molecule has 2 aromatic carbocycles.